The van der Waals surface area contributed by atoms with Crippen LogP contribution in [0, 0.1) is 29.4 Å². The summed E-state index contributed by atoms with van der Waals surface area (Å²) in [7, 11) is 0. The molecule has 0 spiro atoms. The minimum atomic E-state index is -0.652. The fourth-order valence-corrected chi connectivity index (χ4v) is 4.32. The first-order chi connectivity index (χ1) is 15.3. The molecule has 0 bridgehead atoms. The highest BCUT2D eigenvalue weighted by atomic mass is 19.1. The molecule has 0 N–H and O–H groups in total. The van der Waals surface area contributed by atoms with E-state index in [0.29, 0.717) is 31.3 Å². The summed E-state index contributed by atoms with van der Waals surface area (Å²) in [5.74, 6) is -0.224. The summed E-state index contributed by atoms with van der Waals surface area (Å²) in [6.07, 6.45) is 7.57. The number of allylic oxidation sites excluding steroid dienone is 2. The molecule has 2 fully saturated rings. The fourth-order valence-electron chi connectivity index (χ4n) is 4.32. The zero-order chi connectivity index (χ0) is 23.3. The van der Waals surface area contributed by atoms with Crippen molar-refractivity contribution in [1.29, 1.82) is 0 Å². The van der Waals surface area contributed by atoms with Crippen LogP contribution in [0.1, 0.15) is 52.5 Å². The number of benzene rings is 1. The van der Waals surface area contributed by atoms with Crippen molar-refractivity contribution in [3.63, 3.8) is 0 Å². The maximum absolute atomic E-state index is 14.3. The number of amides is 1. The van der Waals surface area contributed by atoms with E-state index in [9.17, 15) is 13.6 Å². The van der Waals surface area contributed by atoms with Crippen molar-refractivity contribution >= 4 is 11.6 Å². The predicted octanol–water partition coefficient (Wildman–Crippen LogP) is 5.98. The second-order valence-corrected chi connectivity index (χ2v) is 8.94. The van der Waals surface area contributed by atoms with Gasteiger partial charge >= 0.3 is 0 Å². The maximum atomic E-state index is 14.3. The van der Waals surface area contributed by atoms with Crippen molar-refractivity contribution < 1.29 is 18.3 Å². The van der Waals surface area contributed by atoms with Crippen LogP contribution in [0.2, 0.25) is 0 Å². The molecule has 1 saturated carbocycles. The van der Waals surface area contributed by atoms with E-state index in [4.69, 9.17) is 4.74 Å². The van der Waals surface area contributed by atoms with Crippen molar-refractivity contribution in [1.82, 2.24) is 4.90 Å². The minimum Gasteiger partial charge on any atom is -0.372 e. The number of likely N-dealkylation sites (tertiary alicyclic amines) is 1. The first-order valence-electron chi connectivity index (χ1n) is 11.4. The van der Waals surface area contributed by atoms with Crippen LogP contribution in [0.4, 0.5) is 8.78 Å². The van der Waals surface area contributed by atoms with Gasteiger partial charge in [-0.3, -0.25) is 4.79 Å². The molecule has 1 aromatic carbocycles. The minimum absolute atomic E-state index is 0.148. The van der Waals surface area contributed by atoms with E-state index in [0.717, 1.165) is 12.8 Å². The maximum Gasteiger partial charge on any atom is 0.222 e. The standard InChI is InChI=1S/C25H33F2N3O2/c1-5-12-28-29-23(25-21(26)9-7-10-22(25)27)13-20-17(4)19(20)8-6-11-24(31)30-14-18(15-30)32-16(2)3/h5,7,9-10,12-13,16-20H,6,8,11,14-15H2,1-4H3/b12-5-,23-13-,29-28-/t17-,19?,20?/m0/s1. The molecule has 1 aromatic rings. The Hall–Kier alpha value is -2.41. The largest absolute Gasteiger partial charge is 0.372 e. The molecule has 5 nitrogen and oxygen atoms in total. The summed E-state index contributed by atoms with van der Waals surface area (Å²) >= 11 is 0. The molecule has 1 amide bonds. The lowest BCUT2D eigenvalue weighted by Gasteiger charge is -2.39. The van der Waals surface area contributed by atoms with E-state index in [1.807, 2.05) is 24.8 Å². The topological polar surface area (TPSA) is 54.3 Å². The third-order valence-electron chi connectivity index (χ3n) is 6.18. The van der Waals surface area contributed by atoms with Gasteiger partial charge in [-0.05, 0) is 63.5 Å². The van der Waals surface area contributed by atoms with Gasteiger partial charge in [0.1, 0.15) is 11.6 Å². The lowest BCUT2D eigenvalue weighted by atomic mass is 10.1. The van der Waals surface area contributed by atoms with Crippen LogP contribution in [-0.2, 0) is 9.53 Å². The molecule has 174 valence electrons. The number of ether oxygens (including phenoxy) is 1. The molecular weight excluding hydrogens is 412 g/mol. The Labute approximate surface area is 189 Å². The third kappa shape index (κ3) is 6.09. The van der Waals surface area contributed by atoms with E-state index >= 15 is 0 Å². The molecule has 1 aliphatic heterocycles. The van der Waals surface area contributed by atoms with Gasteiger partial charge in [-0.25, -0.2) is 8.78 Å². The highest BCUT2D eigenvalue weighted by molar-refractivity contribution is 5.77. The summed E-state index contributed by atoms with van der Waals surface area (Å²) < 4.78 is 34.4. The number of azo groups is 1. The number of rotatable bonds is 10. The first kappa shape index (κ1) is 24.2. The molecule has 3 atom stereocenters. The molecule has 1 aliphatic carbocycles. The Morgan fingerprint density at radius 1 is 1.28 bits per heavy atom. The van der Waals surface area contributed by atoms with Gasteiger partial charge in [0.2, 0.25) is 5.91 Å². The Balaban J connectivity index is 1.55. The van der Waals surface area contributed by atoms with Gasteiger partial charge in [-0.15, -0.1) is 0 Å². The Morgan fingerprint density at radius 3 is 2.59 bits per heavy atom. The zero-order valence-electron chi connectivity index (χ0n) is 19.3. The molecule has 32 heavy (non-hydrogen) atoms. The molecule has 1 heterocycles. The highest BCUT2D eigenvalue weighted by Gasteiger charge is 2.45. The molecule has 2 aliphatic rings. The molecule has 2 unspecified atom stereocenters. The van der Waals surface area contributed by atoms with Gasteiger partial charge in [-0.1, -0.05) is 25.1 Å². The molecular formula is C25H33F2N3O2. The van der Waals surface area contributed by atoms with Crippen molar-refractivity contribution in [2.45, 2.75) is 59.2 Å². The fraction of sp³-hybridized carbons (Fsp3) is 0.560. The SMILES string of the molecule is C\C=C/N=N\C(=C/C1C(CCCC(=O)N2CC(OC(C)C)C2)[C@@H]1C)c1c(F)cccc1F. The van der Waals surface area contributed by atoms with Crippen LogP contribution in [0.5, 0.6) is 0 Å². The molecule has 3 rings (SSSR count). The predicted molar refractivity (Wildman–Crippen MR) is 121 cm³/mol. The van der Waals surface area contributed by atoms with Crippen LogP contribution in [0.15, 0.2) is 46.8 Å². The van der Waals surface area contributed by atoms with E-state index in [1.165, 1.54) is 24.4 Å². The van der Waals surface area contributed by atoms with E-state index in [2.05, 4.69) is 17.2 Å². The van der Waals surface area contributed by atoms with E-state index < -0.39 is 11.6 Å². The number of hydrogen-bond donors (Lipinski definition) is 0. The molecule has 1 saturated heterocycles. The summed E-state index contributed by atoms with van der Waals surface area (Å²) in [4.78, 5) is 14.2. The summed E-state index contributed by atoms with van der Waals surface area (Å²) in [5.41, 5.74) is 0.0654. The molecule has 0 aromatic heterocycles. The van der Waals surface area contributed by atoms with Gasteiger partial charge in [-0.2, -0.15) is 10.2 Å². The second kappa shape index (κ2) is 10.9. The highest BCUT2D eigenvalue weighted by Crippen LogP contribution is 2.51. The monoisotopic (exact) mass is 445 g/mol. The third-order valence-corrected chi connectivity index (χ3v) is 6.18. The molecule has 7 heteroatoms. The second-order valence-electron chi connectivity index (χ2n) is 8.94. The quantitative estimate of drug-likeness (QED) is 0.416. The van der Waals surface area contributed by atoms with Gasteiger partial charge in [0.25, 0.3) is 0 Å². The normalized spacial score (nSPS) is 24.0. The first-order valence-corrected chi connectivity index (χ1v) is 11.4. The summed E-state index contributed by atoms with van der Waals surface area (Å²) in [6, 6.07) is 3.79. The lowest BCUT2D eigenvalue weighted by molar-refractivity contribution is -0.148. The van der Waals surface area contributed by atoms with Gasteiger partial charge in [0, 0.05) is 25.7 Å². The van der Waals surface area contributed by atoms with Crippen molar-refractivity contribution in [2.75, 3.05) is 13.1 Å². The van der Waals surface area contributed by atoms with Crippen molar-refractivity contribution in [2.24, 2.45) is 28.0 Å². The average molecular weight is 446 g/mol. The van der Waals surface area contributed by atoms with Crippen LogP contribution < -0.4 is 0 Å². The number of carbonyl (C=O) groups excluding carboxylic acids is 1. The Bertz CT molecular complexity index is 871. The van der Waals surface area contributed by atoms with Crippen LogP contribution in [0.25, 0.3) is 5.70 Å². The number of carbonyl (C=O) groups is 1. The van der Waals surface area contributed by atoms with Crippen LogP contribution in [-0.4, -0.2) is 36.1 Å². The van der Waals surface area contributed by atoms with Gasteiger partial charge in [0.15, 0.2) is 0 Å². The van der Waals surface area contributed by atoms with Crippen LogP contribution >= 0.6 is 0 Å². The smallest absolute Gasteiger partial charge is 0.222 e. The lowest BCUT2D eigenvalue weighted by Crippen LogP contribution is -2.55. The van der Waals surface area contributed by atoms with Crippen molar-refractivity contribution in [3.8, 4) is 0 Å². The number of halogens is 2. The Morgan fingerprint density at radius 2 is 1.97 bits per heavy atom. The van der Waals surface area contributed by atoms with E-state index in [1.54, 1.807) is 13.0 Å². The average Bonchev–Trinajstić information content (AvgIpc) is 3.31. The van der Waals surface area contributed by atoms with Crippen molar-refractivity contribution in [3.05, 3.63) is 53.7 Å². The Kier molecular flexibility index (Phi) is 8.29. The van der Waals surface area contributed by atoms with Gasteiger partial charge < -0.3 is 9.64 Å². The summed E-state index contributed by atoms with van der Waals surface area (Å²) in [5, 5.41) is 7.99. The zero-order valence-corrected chi connectivity index (χ0v) is 19.3. The number of hydrogen-bond acceptors (Lipinski definition) is 4. The summed E-state index contributed by atoms with van der Waals surface area (Å²) in [6.45, 7) is 9.27. The van der Waals surface area contributed by atoms with Gasteiger partial charge in [0.05, 0.1) is 23.5 Å². The number of nitrogens with zero attached hydrogens (tertiary/aromatic N) is 3. The van der Waals surface area contributed by atoms with E-state index in [-0.39, 0.29) is 35.3 Å². The molecule has 0 radical (unpaired) electrons. The van der Waals surface area contributed by atoms with Crippen LogP contribution in [0.3, 0.4) is 0 Å².